The second-order valence-corrected chi connectivity index (χ2v) is 9.89. The summed E-state index contributed by atoms with van der Waals surface area (Å²) in [4.78, 5) is 16.9. The highest BCUT2D eigenvalue weighted by Gasteiger charge is 2.24. The predicted molar refractivity (Wildman–Crippen MR) is 125 cm³/mol. The molecular weight excluding hydrogens is 467 g/mol. The second-order valence-electron chi connectivity index (χ2n) is 7.83. The van der Waals surface area contributed by atoms with Crippen LogP contribution in [0, 0.1) is 12.7 Å². The molecule has 1 heterocycles. The summed E-state index contributed by atoms with van der Waals surface area (Å²) in [5.74, 6) is -0.990. The Kier molecular flexibility index (Phi) is 7.39. The van der Waals surface area contributed by atoms with Crippen molar-refractivity contribution < 1.29 is 22.3 Å². The highest BCUT2D eigenvalue weighted by molar-refractivity contribution is 7.90. The zero-order chi connectivity index (χ0) is 24.3. The molecule has 1 N–H and O–H groups in total. The van der Waals surface area contributed by atoms with E-state index in [1.165, 1.54) is 37.6 Å². The second kappa shape index (κ2) is 9.89. The quantitative estimate of drug-likeness (QED) is 0.502. The number of aromatic nitrogens is 1. The molecule has 9 heteroatoms. The van der Waals surface area contributed by atoms with Gasteiger partial charge in [0, 0.05) is 17.3 Å². The molecular formula is C24H24ClFN2O4S. The molecule has 0 spiro atoms. The van der Waals surface area contributed by atoms with Crippen LogP contribution in [-0.4, -0.2) is 26.4 Å². The topological polar surface area (TPSA) is 85.4 Å². The first kappa shape index (κ1) is 24.7. The molecule has 0 aliphatic rings. The molecule has 0 bridgehead atoms. The fourth-order valence-corrected chi connectivity index (χ4v) is 5.08. The third kappa shape index (κ3) is 5.51. The Morgan fingerprint density at radius 1 is 1.21 bits per heavy atom. The summed E-state index contributed by atoms with van der Waals surface area (Å²) in [5.41, 5.74) is 2.53. The Bertz CT molecular complexity index is 1310. The molecule has 3 aromatic rings. The van der Waals surface area contributed by atoms with Crippen molar-refractivity contribution in [3.63, 3.8) is 0 Å². The fraction of sp³-hybridized carbons (Fsp3) is 0.250. The lowest BCUT2D eigenvalue weighted by molar-refractivity contribution is -0.118. The highest BCUT2D eigenvalue weighted by atomic mass is 35.5. The van der Waals surface area contributed by atoms with Gasteiger partial charge < -0.3 is 4.74 Å². The fourth-order valence-electron chi connectivity index (χ4n) is 3.60. The number of ether oxygens (including phenoxy) is 1. The normalized spacial score (nSPS) is 11.5. The molecule has 0 fully saturated rings. The summed E-state index contributed by atoms with van der Waals surface area (Å²) in [5, 5.41) is 0.278. The molecule has 0 radical (unpaired) electrons. The number of carbonyl (C=O) groups excluding carboxylic acids is 1. The van der Waals surface area contributed by atoms with Crippen LogP contribution in [0.1, 0.15) is 36.5 Å². The van der Waals surface area contributed by atoms with Crippen LogP contribution in [-0.2, 0) is 21.2 Å². The van der Waals surface area contributed by atoms with Crippen LogP contribution in [0.15, 0.2) is 53.6 Å². The largest absolute Gasteiger partial charge is 0.481 e. The van der Waals surface area contributed by atoms with E-state index in [4.69, 9.17) is 16.3 Å². The maximum absolute atomic E-state index is 14.5. The van der Waals surface area contributed by atoms with Crippen molar-refractivity contribution in [1.82, 2.24) is 9.71 Å². The molecule has 33 heavy (non-hydrogen) atoms. The molecule has 2 aromatic carbocycles. The van der Waals surface area contributed by atoms with Crippen LogP contribution in [0.4, 0.5) is 4.39 Å². The van der Waals surface area contributed by atoms with Gasteiger partial charge in [-0.25, -0.2) is 22.5 Å². The van der Waals surface area contributed by atoms with E-state index in [0.29, 0.717) is 33.7 Å². The number of sulfonamides is 1. The minimum Gasteiger partial charge on any atom is -0.481 e. The Labute approximate surface area is 197 Å². The molecule has 1 aromatic heterocycles. The standard InChI is InChI=1S/C24H24ClFN2O4S/c1-14(2)18-11-17(26)12-19(16-8-9-27-24(10-16)32-4)20(18)13-23(29)28-33(30,31)22-7-5-6-21(25)15(22)3/h5-12,14H,13H2,1-4H3,(H,28,29). The van der Waals surface area contributed by atoms with Crippen molar-refractivity contribution in [1.29, 1.82) is 0 Å². The van der Waals surface area contributed by atoms with Gasteiger partial charge in [0.1, 0.15) is 5.82 Å². The van der Waals surface area contributed by atoms with Crippen molar-refractivity contribution in [2.75, 3.05) is 7.11 Å². The summed E-state index contributed by atoms with van der Waals surface area (Å²) in [6.45, 7) is 5.31. The maximum Gasteiger partial charge on any atom is 0.264 e. The third-order valence-corrected chi connectivity index (χ3v) is 7.15. The zero-order valence-electron chi connectivity index (χ0n) is 18.6. The smallest absolute Gasteiger partial charge is 0.264 e. The molecule has 0 saturated heterocycles. The van der Waals surface area contributed by atoms with Crippen LogP contribution >= 0.6 is 11.6 Å². The minimum atomic E-state index is -4.15. The van der Waals surface area contributed by atoms with E-state index in [0.717, 1.165) is 0 Å². The molecule has 174 valence electrons. The predicted octanol–water partition coefficient (Wildman–Crippen LogP) is 5.03. The monoisotopic (exact) mass is 490 g/mol. The average Bonchev–Trinajstić information content (AvgIpc) is 2.75. The number of halogens is 2. The summed E-state index contributed by atoms with van der Waals surface area (Å²) in [7, 11) is -2.68. The molecule has 0 unspecified atom stereocenters. The maximum atomic E-state index is 14.5. The lowest BCUT2D eigenvalue weighted by atomic mass is 9.88. The van der Waals surface area contributed by atoms with Gasteiger partial charge in [0.25, 0.3) is 10.0 Å². The van der Waals surface area contributed by atoms with E-state index >= 15 is 0 Å². The van der Waals surface area contributed by atoms with Gasteiger partial charge in [-0.3, -0.25) is 4.79 Å². The van der Waals surface area contributed by atoms with E-state index < -0.39 is 21.7 Å². The van der Waals surface area contributed by atoms with E-state index in [1.807, 2.05) is 13.8 Å². The summed E-state index contributed by atoms with van der Waals surface area (Å²) < 4.78 is 47.5. The average molecular weight is 491 g/mol. The van der Waals surface area contributed by atoms with Crippen LogP contribution < -0.4 is 9.46 Å². The molecule has 0 aliphatic heterocycles. The number of carbonyl (C=O) groups is 1. The van der Waals surface area contributed by atoms with Crippen molar-refractivity contribution in [3.8, 4) is 17.0 Å². The highest BCUT2D eigenvalue weighted by Crippen LogP contribution is 2.33. The van der Waals surface area contributed by atoms with Gasteiger partial charge in [0.2, 0.25) is 11.8 Å². The van der Waals surface area contributed by atoms with E-state index in [-0.39, 0.29) is 22.3 Å². The number of pyridine rings is 1. The van der Waals surface area contributed by atoms with Crippen LogP contribution in [0.25, 0.3) is 11.1 Å². The van der Waals surface area contributed by atoms with Crippen LogP contribution in [0.2, 0.25) is 5.02 Å². The molecule has 3 rings (SSSR count). The van der Waals surface area contributed by atoms with Crippen molar-refractivity contribution >= 4 is 27.5 Å². The van der Waals surface area contributed by atoms with Gasteiger partial charge in [-0.15, -0.1) is 0 Å². The Hall–Kier alpha value is -2.97. The number of rotatable bonds is 7. The number of methoxy groups -OCH3 is 1. The van der Waals surface area contributed by atoms with Gasteiger partial charge in [0.05, 0.1) is 18.4 Å². The third-order valence-electron chi connectivity index (χ3n) is 5.22. The lowest BCUT2D eigenvalue weighted by Gasteiger charge is -2.18. The Morgan fingerprint density at radius 2 is 1.94 bits per heavy atom. The molecule has 1 amide bonds. The van der Waals surface area contributed by atoms with Crippen molar-refractivity contribution in [3.05, 3.63) is 76.2 Å². The number of hydrogen-bond acceptors (Lipinski definition) is 5. The number of amides is 1. The van der Waals surface area contributed by atoms with Crippen molar-refractivity contribution in [2.45, 2.75) is 38.0 Å². The van der Waals surface area contributed by atoms with Gasteiger partial charge in [0.15, 0.2) is 0 Å². The first-order valence-electron chi connectivity index (χ1n) is 10.2. The molecule has 0 atom stereocenters. The first-order valence-corrected chi connectivity index (χ1v) is 12.0. The van der Waals surface area contributed by atoms with Crippen LogP contribution in [0.5, 0.6) is 5.88 Å². The summed E-state index contributed by atoms with van der Waals surface area (Å²) >= 11 is 6.04. The Balaban J connectivity index is 2.03. The summed E-state index contributed by atoms with van der Waals surface area (Å²) in [6.07, 6.45) is 1.25. The zero-order valence-corrected chi connectivity index (χ0v) is 20.2. The number of hydrogen-bond donors (Lipinski definition) is 1. The van der Waals surface area contributed by atoms with E-state index in [9.17, 15) is 17.6 Å². The van der Waals surface area contributed by atoms with Crippen LogP contribution in [0.3, 0.4) is 0 Å². The number of nitrogens with zero attached hydrogens (tertiary/aromatic N) is 1. The first-order chi connectivity index (χ1) is 15.5. The van der Waals surface area contributed by atoms with E-state index in [2.05, 4.69) is 9.71 Å². The minimum absolute atomic E-state index is 0.0781. The van der Waals surface area contributed by atoms with Gasteiger partial charge in [-0.2, -0.15) is 0 Å². The number of nitrogens with one attached hydrogen (secondary N) is 1. The summed E-state index contributed by atoms with van der Waals surface area (Å²) in [6, 6.07) is 10.4. The van der Waals surface area contributed by atoms with Gasteiger partial charge in [-0.05, 0) is 71.0 Å². The number of benzene rings is 2. The lowest BCUT2D eigenvalue weighted by Crippen LogP contribution is -2.32. The van der Waals surface area contributed by atoms with Gasteiger partial charge in [-0.1, -0.05) is 31.5 Å². The molecule has 0 aliphatic carbocycles. The molecule has 0 saturated carbocycles. The molecule has 6 nitrogen and oxygen atoms in total. The van der Waals surface area contributed by atoms with Gasteiger partial charge >= 0.3 is 0 Å². The van der Waals surface area contributed by atoms with E-state index in [1.54, 1.807) is 25.1 Å². The SMILES string of the molecule is COc1cc(-c2cc(F)cc(C(C)C)c2CC(=O)NS(=O)(=O)c2cccc(Cl)c2C)ccn1. The van der Waals surface area contributed by atoms with Crippen molar-refractivity contribution in [2.24, 2.45) is 0 Å². The Morgan fingerprint density at radius 3 is 2.61 bits per heavy atom.